The number of rotatable bonds is 5. The van der Waals surface area contributed by atoms with Gasteiger partial charge in [-0.1, -0.05) is 11.8 Å². The Morgan fingerprint density at radius 1 is 1.50 bits per heavy atom. The molecule has 0 spiro atoms. The maximum Gasteiger partial charge on any atom is 0.162 e. The van der Waals surface area contributed by atoms with Crippen molar-refractivity contribution in [2.24, 2.45) is 0 Å². The van der Waals surface area contributed by atoms with E-state index in [2.05, 4.69) is 0 Å². The van der Waals surface area contributed by atoms with Crippen molar-refractivity contribution in [1.82, 2.24) is 0 Å². The topological polar surface area (TPSA) is 138 Å². The highest BCUT2D eigenvalue weighted by Crippen LogP contribution is 2.18. The third-order valence-corrected chi connectivity index (χ3v) is 3.83. The fourth-order valence-corrected chi connectivity index (χ4v) is 2.78. The zero-order chi connectivity index (χ0) is 12.3. The molecule has 8 heteroatoms. The molecule has 0 aromatic rings. The Hall–Kier alpha value is -0.380. The Bertz CT molecular complexity index is 253. The van der Waals surface area contributed by atoms with E-state index >= 15 is 0 Å². The first-order valence-corrected chi connectivity index (χ1v) is 5.84. The van der Waals surface area contributed by atoms with Crippen molar-refractivity contribution in [3.05, 3.63) is 0 Å². The van der Waals surface area contributed by atoms with Crippen molar-refractivity contribution < 1.29 is 35.6 Å². The van der Waals surface area contributed by atoms with Crippen molar-refractivity contribution in [3.63, 3.8) is 0 Å². The molecule has 5 atom stereocenters. The number of quaternary nitrogens is 1. The van der Waals surface area contributed by atoms with Crippen molar-refractivity contribution in [2.75, 3.05) is 12.4 Å². The smallest absolute Gasteiger partial charge is 0.162 e. The maximum absolute atomic E-state index is 10.5. The van der Waals surface area contributed by atoms with Gasteiger partial charge in [0, 0.05) is 0 Å². The van der Waals surface area contributed by atoms with Gasteiger partial charge in [-0.15, -0.1) is 0 Å². The molecule has 7 nitrogen and oxygen atoms in total. The first-order chi connectivity index (χ1) is 7.47. The lowest BCUT2D eigenvalue weighted by Gasteiger charge is -2.24. The zero-order valence-electron chi connectivity index (χ0n) is 8.39. The second-order valence-corrected chi connectivity index (χ2v) is 4.86. The van der Waals surface area contributed by atoms with Gasteiger partial charge in [0.1, 0.15) is 30.3 Å². The summed E-state index contributed by atoms with van der Waals surface area (Å²) in [6, 6.07) is -0.761. The number of aliphatic carboxylic acids is 1. The van der Waals surface area contributed by atoms with Gasteiger partial charge in [0.2, 0.25) is 0 Å². The predicted molar refractivity (Wildman–Crippen MR) is 52.1 cm³/mol. The van der Waals surface area contributed by atoms with E-state index in [1.807, 2.05) is 0 Å². The molecular formula is C8H15NO6S. The molecule has 1 aliphatic rings. The number of carbonyl (C=O) groups is 1. The van der Waals surface area contributed by atoms with Gasteiger partial charge in [-0.3, -0.25) is 0 Å². The van der Waals surface area contributed by atoms with Gasteiger partial charge in [-0.05, 0) is 0 Å². The number of aliphatic hydroxyl groups excluding tert-OH is 4. The van der Waals surface area contributed by atoms with Gasteiger partial charge in [0.15, 0.2) is 5.37 Å². The molecule has 0 aromatic carbocycles. The van der Waals surface area contributed by atoms with Crippen LogP contribution in [0.3, 0.4) is 0 Å². The SMILES string of the molecule is O=C([O-])[C@@H]1CS[C@@H]([C@@H](O)[C@H](O)[C@H](O)CO)[NH2+]1. The lowest BCUT2D eigenvalue weighted by Crippen LogP contribution is -2.96. The van der Waals surface area contributed by atoms with Gasteiger partial charge in [0.25, 0.3) is 0 Å². The third-order valence-electron chi connectivity index (χ3n) is 2.46. The number of carboxylic acid groups (broad SMARTS) is 1. The Kier molecular flexibility index (Phi) is 4.96. The predicted octanol–water partition coefficient (Wildman–Crippen LogP) is -5.18. The van der Waals surface area contributed by atoms with Gasteiger partial charge in [0.05, 0.1) is 12.4 Å². The Balaban J connectivity index is 2.50. The molecule has 1 saturated heterocycles. The van der Waals surface area contributed by atoms with Crippen LogP contribution in [0.25, 0.3) is 0 Å². The largest absolute Gasteiger partial charge is 0.544 e. The summed E-state index contributed by atoms with van der Waals surface area (Å²) in [7, 11) is 0. The summed E-state index contributed by atoms with van der Waals surface area (Å²) in [6.45, 7) is -0.667. The summed E-state index contributed by atoms with van der Waals surface area (Å²) in [4.78, 5) is 10.5. The monoisotopic (exact) mass is 253 g/mol. The second-order valence-electron chi connectivity index (χ2n) is 3.65. The van der Waals surface area contributed by atoms with Crippen LogP contribution in [0.1, 0.15) is 0 Å². The number of nitrogens with two attached hydrogens (primary N) is 1. The van der Waals surface area contributed by atoms with Gasteiger partial charge in [-0.2, -0.15) is 0 Å². The molecule has 1 rings (SSSR count). The highest BCUT2D eigenvalue weighted by molar-refractivity contribution is 8.00. The lowest BCUT2D eigenvalue weighted by molar-refractivity contribution is -0.692. The standard InChI is InChI=1S/C8H15NO6S/c10-1-4(11)5(12)6(13)7-9-3(2-16-7)8(14)15/h3-7,9-13H,1-2H2,(H,14,15)/t3-,4+,5+,6-,7-/m0/s1. The summed E-state index contributed by atoms with van der Waals surface area (Å²) in [5.74, 6) is -0.953. The molecule has 0 bridgehead atoms. The first kappa shape index (κ1) is 13.7. The van der Waals surface area contributed by atoms with E-state index in [0.717, 1.165) is 11.8 Å². The normalized spacial score (nSPS) is 31.0. The van der Waals surface area contributed by atoms with Crippen molar-refractivity contribution in [1.29, 1.82) is 0 Å². The number of hydrogen-bond donors (Lipinski definition) is 5. The summed E-state index contributed by atoms with van der Waals surface area (Å²) >= 11 is 1.16. The second kappa shape index (κ2) is 5.80. The van der Waals surface area contributed by atoms with Crippen LogP contribution < -0.4 is 10.4 Å². The van der Waals surface area contributed by atoms with Crippen LogP contribution in [-0.2, 0) is 4.79 Å². The number of carboxylic acids is 1. The molecule has 0 saturated carbocycles. The number of carbonyl (C=O) groups excluding carboxylic acids is 1. The highest BCUT2D eigenvalue weighted by atomic mass is 32.2. The minimum Gasteiger partial charge on any atom is -0.544 e. The lowest BCUT2D eigenvalue weighted by atomic mass is 10.1. The number of thioether (sulfide) groups is 1. The van der Waals surface area contributed by atoms with Crippen molar-refractivity contribution in [2.45, 2.75) is 29.7 Å². The molecule has 0 aromatic heterocycles. The van der Waals surface area contributed by atoms with E-state index in [0.29, 0.717) is 0 Å². The minimum absolute atomic E-state index is 0.270. The molecule has 16 heavy (non-hydrogen) atoms. The van der Waals surface area contributed by atoms with Crippen LogP contribution in [0, 0.1) is 0 Å². The van der Waals surface area contributed by atoms with Crippen molar-refractivity contribution in [3.8, 4) is 0 Å². The minimum atomic E-state index is -1.50. The Labute approximate surface area is 96.1 Å². The molecule has 0 radical (unpaired) electrons. The van der Waals surface area contributed by atoms with E-state index < -0.39 is 42.3 Å². The Morgan fingerprint density at radius 2 is 2.12 bits per heavy atom. The summed E-state index contributed by atoms with van der Waals surface area (Å²) in [5, 5.41) is 48.1. The Morgan fingerprint density at radius 3 is 2.56 bits per heavy atom. The first-order valence-electron chi connectivity index (χ1n) is 4.80. The van der Waals surface area contributed by atoms with E-state index in [1.165, 1.54) is 5.32 Å². The molecular weight excluding hydrogens is 238 g/mol. The third kappa shape index (κ3) is 3.06. The zero-order valence-corrected chi connectivity index (χ0v) is 9.21. The fraction of sp³-hybridized carbons (Fsp3) is 0.875. The summed E-state index contributed by atoms with van der Waals surface area (Å²) in [6.07, 6.45) is -4.25. The summed E-state index contributed by atoms with van der Waals surface area (Å²) < 4.78 is 0. The molecule has 94 valence electrons. The van der Waals surface area contributed by atoms with E-state index in [4.69, 9.17) is 10.2 Å². The molecule has 0 unspecified atom stereocenters. The van der Waals surface area contributed by atoms with Crippen LogP contribution >= 0.6 is 11.8 Å². The quantitative estimate of drug-likeness (QED) is 0.330. The van der Waals surface area contributed by atoms with Crippen LogP contribution in [0.15, 0.2) is 0 Å². The molecule has 0 aliphatic carbocycles. The highest BCUT2D eigenvalue weighted by Gasteiger charge is 2.40. The van der Waals surface area contributed by atoms with Gasteiger partial charge < -0.3 is 35.6 Å². The molecule has 1 heterocycles. The molecule has 1 fully saturated rings. The average Bonchev–Trinajstić information content (AvgIpc) is 2.75. The molecule has 1 aliphatic heterocycles. The van der Waals surface area contributed by atoms with Crippen molar-refractivity contribution >= 4 is 17.7 Å². The van der Waals surface area contributed by atoms with Crippen LogP contribution in [-0.4, -0.2) is 68.5 Å². The molecule has 0 amide bonds. The maximum atomic E-state index is 10.5. The van der Waals surface area contributed by atoms with Crippen LogP contribution in [0.2, 0.25) is 0 Å². The van der Waals surface area contributed by atoms with E-state index in [-0.39, 0.29) is 5.75 Å². The van der Waals surface area contributed by atoms with Crippen LogP contribution in [0.4, 0.5) is 0 Å². The molecule has 6 N–H and O–H groups in total. The van der Waals surface area contributed by atoms with Crippen LogP contribution in [0.5, 0.6) is 0 Å². The van der Waals surface area contributed by atoms with Gasteiger partial charge >= 0.3 is 0 Å². The average molecular weight is 253 g/mol. The van der Waals surface area contributed by atoms with E-state index in [9.17, 15) is 20.1 Å². The van der Waals surface area contributed by atoms with Gasteiger partial charge in [-0.25, -0.2) is 0 Å². The van der Waals surface area contributed by atoms with E-state index in [1.54, 1.807) is 0 Å². The summed E-state index contributed by atoms with van der Waals surface area (Å²) in [5.41, 5.74) is 0. The number of hydrogen-bond acceptors (Lipinski definition) is 7. The number of aliphatic hydroxyl groups is 4. The fourth-order valence-electron chi connectivity index (χ4n) is 1.44.